The van der Waals surface area contributed by atoms with Crippen LogP contribution >= 0.6 is 11.6 Å². The van der Waals surface area contributed by atoms with E-state index in [-0.39, 0.29) is 18.3 Å². The Kier molecular flexibility index (Phi) is 5.57. The molecule has 2 unspecified atom stereocenters. The summed E-state index contributed by atoms with van der Waals surface area (Å²) in [6, 6.07) is 19.0. The van der Waals surface area contributed by atoms with E-state index in [0.29, 0.717) is 5.02 Å². The minimum absolute atomic E-state index is 0.129. The molecular formula is C18H16ClNO2. The van der Waals surface area contributed by atoms with E-state index in [2.05, 4.69) is 6.07 Å². The van der Waals surface area contributed by atoms with E-state index in [0.717, 1.165) is 11.1 Å². The van der Waals surface area contributed by atoms with E-state index in [1.807, 2.05) is 42.5 Å². The van der Waals surface area contributed by atoms with Crippen molar-refractivity contribution in [3.63, 3.8) is 0 Å². The number of halogens is 1. The molecule has 0 bridgehead atoms. The third-order valence-corrected chi connectivity index (χ3v) is 3.83. The molecule has 0 aliphatic heterocycles. The number of hydrogen-bond donors (Lipinski definition) is 0. The first-order chi connectivity index (χ1) is 10.7. The van der Waals surface area contributed by atoms with Gasteiger partial charge in [0.25, 0.3) is 0 Å². The van der Waals surface area contributed by atoms with Crippen LogP contribution in [0.2, 0.25) is 5.02 Å². The molecule has 0 aromatic heterocycles. The summed E-state index contributed by atoms with van der Waals surface area (Å²) in [6.07, 6.45) is 0.129. The fraction of sp³-hybridized carbons (Fsp3) is 0.222. The van der Waals surface area contributed by atoms with Gasteiger partial charge in [0.2, 0.25) is 0 Å². The molecule has 22 heavy (non-hydrogen) atoms. The maximum absolute atomic E-state index is 11.8. The van der Waals surface area contributed by atoms with E-state index in [9.17, 15) is 10.1 Å². The van der Waals surface area contributed by atoms with Crippen LogP contribution in [0, 0.1) is 11.3 Å². The first kappa shape index (κ1) is 16.1. The largest absolute Gasteiger partial charge is 0.469 e. The highest BCUT2D eigenvalue weighted by Gasteiger charge is 2.27. The second-order valence-corrected chi connectivity index (χ2v) is 5.40. The van der Waals surface area contributed by atoms with Crippen LogP contribution in [0.1, 0.15) is 29.4 Å². The normalized spacial score (nSPS) is 13.0. The van der Waals surface area contributed by atoms with Gasteiger partial charge in [-0.25, -0.2) is 0 Å². The van der Waals surface area contributed by atoms with Gasteiger partial charge in [-0.05, 0) is 23.3 Å². The fourth-order valence-corrected chi connectivity index (χ4v) is 2.68. The molecule has 2 aromatic carbocycles. The zero-order valence-electron chi connectivity index (χ0n) is 12.2. The Labute approximate surface area is 135 Å². The molecule has 2 rings (SSSR count). The number of nitrogens with zero attached hydrogens (tertiary/aromatic N) is 1. The van der Waals surface area contributed by atoms with Crippen LogP contribution in [-0.4, -0.2) is 13.1 Å². The van der Waals surface area contributed by atoms with Crippen molar-refractivity contribution in [3.8, 4) is 6.07 Å². The van der Waals surface area contributed by atoms with Gasteiger partial charge in [0.05, 0.1) is 25.5 Å². The van der Waals surface area contributed by atoms with Crippen molar-refractivity contribution in [3.05, 3.63) is 70.7 Å². The second-order valence-electron chi connectivity index (χ2n) is 4.96. The molecule has 2 atom stereocenters. The Morgan fingerprint density at radius 2 is 1.86 bits per heavy atom. The summed E-state index contributed by atoms with van der Waals surface area (Å²) in [4.78, 5) is 11.8. The average molecular weight is 314 g/mol. The minimum Gasteiger partial charge on any atom is -0.469 e. The Balaban J connectivity index is 2.43. The van der Waals surface area contributed by atoms with Crippen molar-refractivity contribution in [2.24, 2.45) is 0 Å². The first-order valence-electron chi connectivity index (χ1n) is 6.92. The SMILES string of the molecule is COC(=O)CC(c1cccc(Cl)c1)C(C#N)c1ccccc1. The summed E-state index contributed by atoms with van der Waals surface area (Å²) >= 11 is 6.05. The highest BCUT2D eigenvalue weighted by Crippen LogP contribution is 2.36. The van der Waals surface area contributed by atoms with Crippen molar-refractivity contribution in [2.45, 2.75) is 18.3 Å². The van der Waals surface area contributed by atoms with Crippen LogP contribution in [0.15, 0.2) is 54.6 Å². The maximum Gasteiger partial charge on any atom is 0.306 e. The van der Waals surface area contributed by atoms with Crippen molar-refractivity contribution >= 4 is 17.6 Å². The molecule has 0 N–H and O–H groups in total. The van der Waals surface area contributed by atoms with Gasteiger partial charge in [-0.3, -0.25) is 4.79 Å². The molecule has 0 saturated heterocycles. The molecule has 0 aliphatic rings. The summed E-state index contributed by atoms with van der Waals surface area (Å²) in [5.74, 6) is -1.10. The molecule has 0 aliphatic carbocycles. The number of esters is 1. The first-order valence-corrected chi connectivity index (χ1v) is 7.30. The summed E-state index contributed by atoms with van der Waals surface area (Å²) in [5.41, 5.74) is 1.73. The number of carbonyl (C=O) groups excluding carboxylic acids is 1. The maximum atomic E-state index is 11.8. The Hall–Kier alpha value is -2.31. The summed E-state index contributed by atoms with van der Waals surface area (Å²) in [6.45, 7) is 0. The Morgan fingerprint density at radius 1 is 1.18 bits per heavy atom. The molecule has 0 amide bonds. The minimum atomic E-state index is -0.446. The highest BCUT2D eigenvalue weighted by molar-refractivity contribution is 6.30. The summed E-state index contributed by atoms with van der Waals surface area (Å²) in [7, 11) is 1.35. The predicted octanol–water partition coefficient (Wildman–Crippen LogP) is 4.29. The summed E-state index contributed by atoms with van der Waals surface area (Å²) in [5, 5.41) is 10.2. The van der Waals surface area contributed by atoms with E-state index in [1.54, 1.807) is 12.1 Å². The lowest BCUT2D eigenvalue weighted by molar-refractivity contribution is -0.141. The van der Waals surface area contributed by atoms with Gasteiger partial charge in [-0.15, -0.1) is 0 Å². The molecular weight excluding hydrogens is 298 g/mol. The van der Waals surface area contributed by atoms with E-state index in [4.69, 9.17) is 16.3 Å². The fourth-order valence-electron chi connectivity index (χ4n) is 2.49. The topological polar surface area (TPSA) is 50.1 Å². The number of ether oxygens (including phenoxy) is 1. The molecule has 0 radical (unpaired) electrons. The Bertz CT molecular complexity index is 679. The molecule has 0 heterocycles. The molecule has 4 heteroatoms. The monoisotopic (exact) mass is 313 g/mol. The van der Waals surface area contributed by atoms with Crippen LogP contribution in [0.4, 0.5) is 0 Å². The Morgan fingerprint density at radius 3 is 2.45 bits per heavy atom. The number of rotatable bonds is 5. The van der Waals surface area contributed by atoms with Gasteiger partial charge < -0.3 is 4.74 Å². The lowest BCUT2D eigenvalue weighted by Crippen LogP contribution is -2.15. The number of benzene rings is 2. The lowest BCUT2D eigenvalue weighted by Gasteiger charge is -2.22. The van der Waals surface area contributed by atoms with Crippen molar-refractivity contribution < 1.29 is 9.53 Å². The second kappa shape index (κ2) is 7.63. The van der Waals surface area contributed by atoms with Crippen molar-refractivity contribution in [1.29, 1.82) is 5.26 Å². The third kappa shape index (κ3) is 3.87. The molecule has 3 nitrogen and oxygen atoms in total. The quantitative estimate of drug-likeness (QED) is 0.773. The number of carbonyl (C=O) groups is 1. The molecule has 0 fully saturated rings. The van der Waals surface area contributed by atoms with Crippen LogP contribution in [0.5, 0.6) is 0 Å². The van der Waals surface area contributed by atoms with Crippen LogP contribution in [-0.2, 0) is 9.53 Å². The van der Waals surface area contributed by atoms with Crippen LogP contribution in [0.3, 0.4) is 0 Å². The smallest absolute Gasteiger partial charge is 0.306 e. The van der Waals surface area contributed by atoms with E-state index in [1.165, 1.54) is 7.11 Å². The number of methoxy groups -OCH3 is 1. The zero-order valence-corrected chi connectivity index (χ0v) is 13.0. The van der Waals surface area contributed by atoms with Gasteiger partial charge in [-0.1, -0.05) is 54.1 Å². The van der Waals surface area contributed by atoms with Gasteiger partial charge in [0, 0.05) is 10.9 Å². The van der Waals surface area contributed by atoms with E-state index < -0.39 is 5.92 Å². The molecule has 2 aromatic rings. The summed E-state index contributed by atoms with van der Waals surface area (Å²) < 4.78 is 4.78. The van der Waals surface area contributed by atoms with Crippen LogP contribution < -0.4 is 0 Å². The molecule has 0 saturated carbocycles. The van der Waals surface area contributed by atoms with Crippen molar-refractivity contribution in [1.82, 2.24) is 0 Å². The van der Waals surface area contributed by atoms with Gasteiger partial charge in [-0.2, -0.15) is 5.26 Å². The highest BCUT2D eigenvalue weighted by atomic mass is 35.5. The van der Waals surface area contributed by atoms with E-state index >= 15 is 0 Å². The number of nitriles is 1. The van der Waals surface area contributed by atoms with Crippen molar-refractivity contribution in [2.75, 3.05) is 7.11 Å². The number of hydrogen-bond acceptors (Lipinski definition) is 3. The van der Waals surface area contributed by atoms with Gasteiger partial charge >= 0.3 is 5.97 Å². The predicted molar refractivity (Wildman–Crippen MR) is 85.6 cm³/mol. The lowest BCUT2D eigenvalue weighted by atomic mass is 9.80. The zero-order chi connectivity index (χ0) is 15.9. The standard InChI is InChI=1S/C18H16ClNO2/c1-22-18(21)11-16(14-8-5-9-15(19)10-14)17(12-20)13-6-3-2-4-7-13/h2-10,16-17H,11H2,1H3. The molecule has 112 valence electrons. The average Bonchev–Trinajstić information content (AvgIpc) is 2.55. The van der Waals surface area contributed by atoms with Gasteiger partial charge in [0.1, 0.15) is 0 Å². The molecule has 0 spiro atoms. The van der Waals surface area contributed by atoms with Crippen LogP contribution in [0.25, 0.3) is 0 Å². The van der Waals surface area contributed by atoms with Gasteiger partial charge in [0.15, 0.2) is 0 Å². The third-order valence-electron chi connectivity index (χ3n) is 3.59.